The molecule has 3 aromatic rings. The first-order chi connectivity index (χ1) is 15.4. The minimum Gasteiger partial charge on any atom is -0.444 e. The van der Waals surface area contributed by atoms with Crippen LogP contribution < -0.4 is 11.1 Å². The van der Waals surface area contributed by atoms with Crippen LogP contribution in [0.25, 0.3) is 16.2 Å². The number of ether oxygens (including phenoxy) is 1. The number of pyridine rings is 1. The van der Waals surface area contributed by atoms with E-state index >= 15 is 0 Å². The second-order valence-electron chi connectivity index (χ2n) is 8.79. The molecule has 33 heavy (non-hydrogen) atoms. The molecule has 0 bridgehead atoms. The molecule has 3 N–H and O–H groups in total. The normalized spacial score (nSPS) is 15.8. The summed E-state index contributed by atoms with van der Waals surface area (Å²) in [6, 6.07) is 1.04. The molecule has 0 atom stereocenters. The van der Waals surface area contributed by atoms with Crippen molar-refractivity contribution < 1.29 is 22.7 Å². The molecular weight excluding hydrogens is 459 g/mol. The number of likely N-dealkylation sites (tertiary alicyclic amines) is 1. The molecule has 3 aromatic heterocycles. The lowest BCUT2D eigenvalue weighted by atomic mass is 10.1. The number of nitrogens with two attached hydrogens (primary N) is 1. The smallest absolute Gasteiger partial charge is 0.419 e. The van der Waals surface area contributed by atoms with Crippen LogP contribution in [-0.2, 0) is 10.9 Å². The molecule has 9 nitrogen and oxygen atoms in total. The average Bonchev–Trinajstić information content (AvgIpc) is 3.27. The number of hydrogen-bond acceptors (Lipinski definition) is 8. The summed E-state index contributed by atoms with van der Waals surface area (Å²) >= 11 is 1.29. The van der Waals surface area contributed by atoms with E-state index in [1.54, 1.807) is 4.90 Å². The minimum atomic E-state index is -4.61. The average molecular weight is 484 g/mol. The van der Waals surface area contributed by atoms with Gasteiger partial charge in [-0.2, -0.15) is 13.2 Å². The fraction of sp³-hybridized carbons (Fsp3) is 0.500. The first-order valence-electron chi connectivity index (χ1n) is 10.3. The number of carbonyl (C=O) groups excluding carboxylic acids is 1. The Kier molecular flexibility index (Phi) is 5.85. The van der Waals surface area contributed by atoms with Gasteiger partial charge in [0.2, 0.25) is 10.1 Å². The van der Waals surface area contributed by atoms with Gasteiger partial charge in [-0.05, 0) is 39.7 Å². The number of halogens is 3. The summed E-state index contributed by atoms with van der Waals surface area (Å²) in [6.07, 6.45) is -0.786. The summed E-state index contributed by atoms with van der Waals surface area (Å²) in [7, 11) is 0. The van der Waals surface area contributed by atoms with Gasteiger partial charge in [0.05, 0.1) is 17.5 Å². The van der Waals surface area contributed by atoms with Crippen LogP contribution in [0.1, 0.15) is 39.2 Å². The molecule has 1 fully saturated rings. The predicted molar refractivity (Wildman–Crippen MR) is 118 cm³/mol. The maximum Gasteiger partial charge on any atom is 0.419 e. The van der Waals surface area contributed by atoms with Crippen LogP contribution in [0.4, 0.5) is 28.9 Å². The lowest BCUT2D eigenvalue weighted by Gasteiger charge is -2.33. The molecule has 0 aromatic carbocycles. The van der Waals surface area contributed by atoms with Crippen molar-refractivity contribution in [2.24, 2.45) is 0 Å². The first kappa shape index (κ1) is 23.1. The van der Waals surface area contributed by atoms with Gasteiger partial charge in [-0.1, -0.05) is 11.3 Å². The number of nitrogens with zero attached hydrogens (tertiary/aromatic N) is 5. The second-order valence-corrected chi connectivity index (χ2v) is 9.74. The van der Waals surface area contributed by atoms with Crippen molar-refractivity contribution in [2.75, 3.05) is 24.1 Å². The van der Waals surface area contributed by atoms with E-state index in [9.17, 15) is 18.0 Å². The number of nitrogen functional groups attached to an aromatic ring is 1. The monoisotopic (exact) mass is 483 g/mol. The number of hydrogen-bond donors (Lipinski definition) is 2. The van der Waals surface area contributed by atoms with E-state index in [2.05, 4.69) is 20.4 Å². The van der Waals surface area contributed by atoms with E-state index in [4.69, 9.17) is 10.5 Å². The van der Waals surface area contributed by atoms with Gasteiger partial charge in [0.1, 0.15) is 11.4 Å². The molecule has 1 aliphatic heterocycles. The SMILES string of the molecule is CC(C)(C)OC(=O)N1CCC(Nc2nn3c(-c4cnc(N)c(C(F)(F)F)c4)cnc3s2)CC1. The third-order valence-corrected chi connectivity index (χ3v) is 5.93. The summed E-state index contributed by atoms with van der Waals surface area (Å²) in [4.78, 5) is 22.4. The van der Waals surface area contributed by atoms with Crippen molar-refractivity contribution in [3.05, 3.63) is 24.0 Å². The summed E-state index contributed by atoms with van der Waals surface area (Å²) in [5.74, 6) is -0.578. The molecule has 1 amide bonds. The first-order valence-corrected chi connectivity index (χ1v) is 11.1. The van der Waals surface area contributed by atoms with Crippen molar-refractivity contribution in [3.8, 4) is 11.3 Å². The number of fused-ring (bicyclic) bond motifs is 1. The number of piperidine rings is 1. The lowest BCUT2D eigenvalue weighted by molar-refractivity contribution is -0.137. The van der Waals surface area contributed by atoms with Gasteiger partial charge >= 0.3 is 12.3 Å². The molecule has 4 heterocycles. The van der Waals surface area contributed by atoms with Crippen LogP contribution in [0.3, 0.4) is 0 Å². The van der Waals surface area contributed by atoms with E-state index in [-0.39, 0.29) is 17.7 Å². The molecule has 0 aliphatic carbocycles. The molecule has 0 radical (unpaired) electrons. The molecule has 13 heteroatoms. The van der Waals surface area contributed by atoms with E-state index < -0.39 is 23.2 Å². The number of amides is 1. The third kappa shape index (κ3) is 5.13. The van der Waals surface area contributed by atoms with E-state index in [0.29, 0.717) is 41.7 Å². The van der Waals surface area contributed by atoms with Crippen LogP contribution >= 0.6 is 11.3 Å². The topological polar surface area (TPSA) is 111 Å². The Morgan fingerprint density at radius 2 is 1.91 bits per heavy atom. The van der Waals surface area contributed by atoms with Crippen LogP contribution in [0.2, 0.25) is 0 Å². The molecular formula is C20H24F3N7O2S. The van der Waals surface area contributed by atoms with Crippen LogP contribution in [0.15, 0.2) is 18.5 Å². The fourth-order valence-electron chi connectivity index (χ4n) is 3.50. The largest absolute Gasteiger partial charge is 0.444 e. The van der Waals surface area contributed by atoms with Crippen molar-refractivity contribution in [3.63, 3.8) is 0 Å². The zero-order valence-corrected chi connectivity index (χ0v) is 19.1. The van der Waals surface area contributed by atoms with Gasteiger partial charge < -0.3 is 20.7 Å². The number of nitrogens with one attached hydrogen (secondary N) is 1. The van der Waals surface area contributed by atoms with E-state index in [0.717, 1.165) is 6.07 Å². The van der Waals surface area contributed by atoms with Crippen LogP contribution in [0, 0.1) is 0 Å². The van der Waals surface area contributed by atoms with Crippen molar-refractivity contribution in [2.45, 2.75) is 51.4 Å². The highest BCUT2D eigenvalue weighted by Gasteiger charge is 2.34. The molecule has 178 valence electrons. The Morgan fingerprint density at radius 1 is 1.21 bits per heavy atom. The molecule has 4 rings (SSSR count). The Labute approximate surface area is 191 Å². The van der Waals surface area contributed by atoms with Gasteiger partial charge in [-0.25, -0.2) is 19.3 Å². The highest BCUT2D eigenvalue weighted by Crippen LogP contribution is 2.35. The van der Waals surface area contributed by atoms with Gasteiger partial charge in [0.15, 0.2) is 0 Å². The number of anilines is 2. The number of aromatic nitrogens is 4. The Hall–Kier alpha value is -3.09. The van der Waals surface area contributed by atoms with Crippen molar-refractivity contribution >= 4 is 33.3 Å². The van der Waals surface area contributed by atoms with Gasteiger partial charge in [-0.15, -0.1) is 5.10 Å². The minimum absolute atomic E-state index is 0.0954. The van der Waals surface area contributed by atoms with Crippen LogP contribution in [0.5, 0.6) is 0 Å². The Bertz CT molecular complexity index is 1160. The highest BCUT2D eigenvalue weighted by molar-refractivity contribution is 7.20. The predicted octanol–water partition coefficient (Wildman–Crippen LogP) is 4.27. The summed E-state index contributed by atoms with van der Waals surface area (Å²) in [5, 5.41) is 8.41. The fourth-order valence-corrected chi connectivity index (χ4v) is 4.35. The Morgan fingerprint density at radius 3 is 2.55 bits per heavy atom. The summed E-state index contributed by atoms with van der Waals surface area (Å²) in [6.45, 7) is 6.60. The second kappa shape index (κ2) is 8.36. The van der Waals surface area contributed by atoms with Gasteiger partial charge in [-0.3, -0.25) is 0 Å². The lowest BCUT2D eigenvalue weighted by Crippen LogP contribution is -2.44. The molecule has 0 spiro atoms. The highest BCUT2D eigenvalue weighted by atomic mass is 32.1. The van der Waals surface area contributed by atoms with E-state index in [1.165, 1.54) is 28.2 Å². The number of carbonyl (C=O) groups is 1. The molecule has 1 aliphatic rings. The van der Waals surface area contributed by atoms with Crippen LogP contribution in [-0.4, -0.2) is 55.3 Å². The molecule has 0 unspecified atom stereocenters. The summed E-state index contributed by atoms with van der Waals surface area (Å²) < 4.78 is 46.5. The standard InChI is InChI=1S/C20H24F3N7O2S/c1-19(2,3)32-18(31)29-6-4-12(5-7-29)27-16-28-30-14(10-26-17(30)33-16)11-8-13(20(21,22)23)15(24)25-9-11/h8-10,12H,4-7H2,1-3H3,(H2,24,25)(H,27,28). The number of alkyl halides is 3. The Balaban J connectivity index is 1.46. The quantitative estimate of drug-likeness (QED) is 0.573. The maximum atomic E-state index is 13.2. The third-order valence-electron chi connectivity index (χ3n) is 5.08. The zero-order valence-electron chi connectivity index (χ0n) is 18.3. The zero-order chi connectivity index (χ0) is 24.0. The summed E-state index contributed by atoms with van der Waals surface area (Å²) in [5.41, 5.74) is 4.45. The van der Waals surface area contributed by atoms with Crippen molar-refractivity contribution in [1.29, 1.82) is 0 Å². The number of imidazole rings is 1. The molecule has 1 saturated heterocycles. The molecule has 0 saturated carbocycles. The van der Waals surface area contributed by atoms with Crippen molar-refractivity contribution in [1.82, 2.24) is 24.5 Å². The van der Waals surface area contributed by atoms with E-state index in [1.807, 2.05) is 20.8 Å². The van der Waals surface area contributed by atoms with Gasteiger partial charge in [0.25, 0.3) is 0 Å². The van der Waals surface area contributed by atoms with Gasteiger partial charge in [0, 0.05) is 30.9 Å². The maximum absolute atomic E-state index is 13.2. The number of rotatable bonds is 3.